The zero-order valence-corrected chi connectivity index (χ0v) is 13.5. The molecule has 0 aromatic heterocycles. The summed E-state index contributed by atoms with van der Waals surface area (Å²) in [6.07, 6.45) is -4.97. The molecule has 7 heteroatoms. The molecule has 2 aromatic carbocycles. The van der Waals surface area contributed by atoms with Gasteiger partial charge in [0.15, 0.2) is 5.78 Å². The molecule has 0 amide bonds. The van der Waals surface area contributed by atoms with Gasteiger partial charge in [-0.1, -0.05) is 12.1 Å². The van der Waals surface area contributed by atoms with Gasteiger partial charge >= 0.3 is 12.1 Å². The van der Waals surface area contributed by atoms with Crippen LogP contribution in [0.3, 0.4) is 0 Å². The number of para-hydroxylation sites is 1. The van der Waals surface area contributed by atoms with Gasteiger partial charge in [-0.25, -0.2) is 0 Å². The van der Waals surface area contributed by atoms with Crippen LogP contribution in [0.2, 0.25) is 0 Å². The minimum absolute atomic E-state index is 0.209. The molecule has 132 valence electrons. The number of carbonyl (C=O) groups excluding carboxylic acids is 2. The Bertz CT molecular complexity index is 797. The second-order valence-corrected chi connectivity index (χ2v) is 5.23. The fraction of sp³-hybridized carbons (Fsp3) is 0.222. The zero-order chi connectivity index (χ0) is 18.6. The number of halogens is 3. The van der Waals surface area contributed by atoms with Gasteiger partial charge in [0.1, 0.15) is 11.5 Å². The summed E-state index contributed by atoms with van der Waals surface area (Å²) in [6.45, 7) is 1.36. The Morgan fingerprint density at radius 2 is 1.72 bits per heavy atom. The molecule has 0 radical (unpaired) electrons. The molecule has 25 heavy (non-hydrogen) atoms. The summed E-state index contributed by atoms with van der Waals surface area (Å²) in [5, 5.41) is 0. The van der Waals surface area contributed by atoms with Crippen molar-refractivity contribution in [2.75, 3.05) is 7.11 Å². The second-order valence-electron chi connectivity index (χ2n) is 5.23. The maximum Gasteiger partial charge on any atom is 0.419 e. The Balaban J connectivity index is 2.24. The van der Waals surface area contributed by atoms with E-state index in [9.17, 15) is 22.8 Å². The maximum absolute atomic E-state index is 12.9. The predicted octanol–water partition coefficient (Wildman–Crippen LogP) is 4.06. The Morgan fingerprint density at radius 1 is 1.04 bits per heavy atom. The van der Waals surface area contributed by atoms with Crippen LogP contribution in [0, 0.1) is 0 Å². The Morgan fingerprint density at radius 3 is 2.32 bits per heavy atom. The molecule has 2 rings (SSSR count). The molecular weight excluding hydrogens is 337 g/mol. The third kappa shape index (κ3) is 4.59. The minimum atomic E-state index is -4.64. The highest BCUT2D eigenvalue weighted by Gasteiger charge is 2.34. The van der Waals surface area contributed by atoms with Crippen LogP contribution in [-0.4, -0.2) is 18.9 Å². The minimum Gasteiger partial charge on any atom is -0.496 e. The summed E-state index contributed by atoms with van der Waals surface area (Å²) in [5.41, 5.74) is -0.322. The van der Waals surface area contributed by atoms with Crippen molar-refractivity contribution in [3.63, 3.8) is 0 Å². The number of alkyl halides is 3. The van der Waals surface area contributed by atoms with Crippen molar-refractivity contribution in [1.82, 2.24) is 0 Å². The van der Waals surface area contributed by atoms with Crippen molar-refractivity contribution in [2.24, 2.45) is 0 Å². The molecule has 0 saturated heterocycles. The largest absolute Gasteiger partial charge is 0.496 e. The lowest BCUT2D eigenvalue weighted by molar-refractivity contribution is -0.142. The molecule has 4 nitrogen and oxygen atoms in total. The van der Waals surface area contributed by atoms with Crippen molar-refractivity contribution in [3.8, 4) is 11.5 Å². The van der Waals surface area contributed by atoms with Gasteiger partial charge in [-0.3, -0.25) is 9.59 Å². The number of ketones is 1. The lowest BCUT2D eigenvalue weighted by atomic mass is 10.0. The molecule has 0 spiro atoms. The van der Waals surface area contributed by atoms with Gasteiger partial charge in [0, 0.05) is 11.1 Å². The smallest absolute Gasteiger partial charge is 0.419 e. The van der Waals surface area contributed by atoms with E-state index >= 15 is 0 Å². The van der Waals surface area contributed by atoms with E-state index in [0.717, 1.165) is 12.1 Å². The average molecular weight is 352 g/mol. The number of methoxy groups -OCH3 is 1. The van der Waals surface area contributed by atoms with Crippen molar-refractivity contribution in [2.45, 2.75) is 19.5 Å². The van der Waals surface area contributed by atoms with E-state index in [-0.39, 0.29) is 12.2 Å². The summed E-state index contributed by atoms with van der Waals surface area (Å²) in [6, 6.07) is 8.97. The third-order valence-electron chi connectivity index (χ3n) is 3.44. The van der Waals surface area contributed by atoms with Crippen LogP contribution in [0.4, 0.5) is 13.2 Å². The number of ether oxygens (including phenoxy) is 2. The van der Waals surface area contributed by atoms with E-state index < -0.39 is 23.5 Å². The van der Waals surface area contributed by atoms with Crippen LogP contribution >= 0.6 is 0 Å². The zero-order valence-electron chi connectivity index (χ0n) is 13.5. The average Bonchev–Trinajstić information content (AvgIpc) is 2.54. The topological polar surface area (TPSA) is 52.6 Å². The van der Waals surface area contributed by atoms with Gasteiger partial charge in [-0.15, -0.1) is 0 Å². The first-order chi connectivity index (χ1) is 11.7. The van der Waals surface area contributed by atoms with Crippen LogP contribution in [0.1, 0.15) is 28.4 Å². The molecule has 0 saturated carbocycles. The molecule has 0 fully saturated rings. The Hall–Kier alpha value is -2.83. The summed E-state index contributed by atoms with van der Waals surface area (Å²) >= 11 is 0. The van der Waals surface area contributed by atoms with Crippen molar-refractivity contribution in [1.29, 1.82) is 0 Å². The summed E-state index contributed by atoms with van der Waals surface area (Å²) in [5.74, 6) is -1.33. The van der Waals surface area contributed by atoms with E-state index in [1.54, 1.807) is 0 Å². The van der Waals surface area contributed by atoms with E-state index in [0.29, 0.717) is 16.9 Å². The summed E-state index contributed by atoms with van der Waals surface area (Å²) in [4.78, 5) is 23.5. The molecule has 0 atom stereocenters. The van der Waals surface area contributed by atoms with Gasteiger partial charge in [-0.05, 0) is 37.3 Å². The Kier molecular flexibility index (Phi) is 5.46. The van der Waals surface area contributed by atoms with E-state index in [1.807, 2.05) is 0 Å². The highest BCUT2D eigenvalue weighted by molar-refractivity contribution is 5.94. The predicted molar refractivity (Wildman–Crippen MR) is 83.8 cm³/mol. The van der Waals surface area contributed by atoms with Crippen LogP contribution in [0.15, 0.2) is 42.5 Å². The fourth-order valence-corrected chi connectivity index (χ4v) is 2.24. The van der Waals surface area contributed by atoms with Gasteiger partial charge in [0.2, 0.25) is 0 Å². The van der Waals surface area contributed by atoms with Crippen molar-refractivity contribution in [3.05, 3.63) is 59.2 Å². The van der Waals surface area contributed by atoms with E-state index in [2.05, 4.69) is 0 Å². The summed E-state index contributed by atoms with van der Waals surface area (Å²) in [7, 11) is 1.39. The van der Waals surface area contributed by atoms with Crippen LogP contribution < -0.4 is 9.47 Å². The van der Waals surface area contributed by atoms with Crippen molar-refractivity contribution >= 4 is 11.8 Å². The van der Waals surface area contributed by atoms with Gasteiger partial charge in [0.05, 0.1) is 19.1 Å². The molecule has 0 unspecified atom stereocenters. The molecular formula is C18H15F3O4. The normalized spacial score (nSPS) is 11.1. The Labute approximate surface area is 142 Å². The third-order valence-corrected chi connectivity index (χ3v) is 3.44. The molecule has 0 heterocycles. The first-order valence-corrected chi connectivity index (χ1v) is 7.27. The molecule has 0 aliphatic rings. The molecule has 0 aliphatic carbocycles. The number of carbonyl (C=O) groups is 2. The second kappa shape index (κ2) is 7.38. The maximum atomic E-state index is 12.9. The SMILES string of the molecule is COc1ccc(C(C)=O)cc1CC(=O)Oc1ccccc1C(F)(F)F. The molecule has 0 bridgehead atoms. The number of rotatable bonds is 5. The molecule has 2 aromatic rings. The first kappa shape index (κ1) is 18.5. The van der Waals surface area contributed by atoms with Gasteiger partial charge < -0.3 is 9.47 Å². The molecule has 0 N–H and O–H groups in total. The monoisotopic (exact) mass is 352 g/mol. The summed E-state index contributed by atoms with van der Waals surface area (Å²) < 4.78 is 48.8. The fourth-order valence-electron chi connectivity index (χ4n) is 2.24. The van der Waals surface area contributed by atoms with E-state index in [1.165, 1.54) is 44.4 Å². The van der Waals surface area contributed by atoms with Crippen molar-refractivity contribution < 1.29 is 32.2 Å². The van der Waals surface area contributed by atoms with Gasteiger partial charge in [0.25, 0.3) is 0 Å². The standard InChI is InChI=1S/C18H15F3O4/c1-11(22)12-7-8-15(24-2)13(9-12)10-17(23)25-16-6-4-3-5-14(16)18(19,20)21/h3-9H,10H2,1-2H3. The highest BCUT2D eigenvalue weighted by Crippen LogP contribution is 2.36. The number of Topliss-reactive ketones (excluding diaryl/α,β-unsaturated/α-hetero) is 1. The van der Waals surface area contributed by atoms with Gasteiger partial charge in [-0.2, -0.15) is 13.2 Å². The number of benzene rings is 2. The first-order valence-electron chi connectivity index (χ1n) is 7.27. The van der Waals surface area contributed by atoms with Crippen LogP contribution in [0.25, 0.3) is 0 Å². The lowest BCUT2D eigenvalue weighted by Crippen LogP contribution is -2.16. The van der Waals surface area contributed by atoms with E-state index in [4.69, 9.17) is 9.47 Å². The highest BCUT2D eigenvalue weighted by atomic mass is 19.4. The van der Waals surface area contributed by atoms with Crippen LogP contribution in [-0.2, 0) is 17.4 Å². The quantitative estimate of drug-likeness (QED) is 0.463. The number of hydrogen-bond donors (Lipinski definition) is 0. The number of hydrogen-bond acceptors (Lipinski definition) is 4. The number of esters is 1. The lowest BCUT2D eigenvalue weighted by Gasteiger charge is -2.13. The molecule has 0 aliphatic heterocycles. The van der Waals surface area contributed by atoms with Crippen LogP contribution in [0.5, 0.6) is 11.5 Å².